The molecular formula is C24H27N5O2S. The minimum atomic E-state index is 0.106. The lowest BCUT2D eigenvalue weighted by Gasteiger charge is -2.28. The molecule has 3 aromatic rings. The SMILES string of the molecule is CC1Cc2ccccc2N1C(=O)CSc1nnc(N2CCOCC2)n1Cc1ccccc1. The third-order valence-corrected chi connectivity index (χ3v) is 6.93. The number of para-hydroxylation sites is 1. The third kappa shape index (κ3) is 4.25. The van der Waals surface area contributed by atoms with Crippen LogP contribution in [0.3, 0.4) is 0 Å². The molecule has 0 N–H and O–H groups in total. The number of fused-ring (bicyclic) bond motifs is 1. The molecule has 2 aromatic carbocycles. The first-order chi connectivity index (χ1) is 15.7. The van der Waals surface area contributed by atoms with E-state index in [4.69, 9.17) is 4.74 Å². The van der Waals surface area contributed by atoms with Gasteiger partial charge in [0, 0.05) is 24.8 Å². The Bertz CT molecular complexity index is 1080. The molecule has 1 aromatic heterocycles. The van der Waals surface area contributed by atoms with E-state index in [0.717, 1.165) is 36.3 Å². The van der Waals surface area contributed by atoms with Crippen molar-refractivity contribution in [2.24, 2.45) is 0 Å². The van der Waals surface area contributed by atoms with Crippen molar-refractivity contribution in [2.75, 3.05) is 41.9 Å². The highest BCUT2D eigenvalue weighted by atomic mass is 32.2. The summed E-state index contributed by atoms with van der Waals surface area (Å²) in [5, 5.41) is 9.74. The summed E-state index contributed by atoms with van der Waals surface area (Å²) in [7, 11) is 0. The number of carbonyl (C=O) groups excluding carboxylic acids is 1. The number of rotatable bonds is 6. The van der Waals surface area contributed by atoms with E-state index in [-0.39, 0.29) is 11.9 Å². The van der Waals surface area contributed by atoms with Crippen LogP contribution in [0.2, 0.25) is 0 Å². The van der Waals surface area contributed by atoms with Gasteiger partial charge < -0.3 is 14.5 Å². The first-order valence-electron chi connectivity index (χ1n) is 11.0. The van der Waals surface area contributed by atoms with Crippen LogP contribution >= 0.6 is 11.8 Å². The first kappa shape index (κ1) is 21.0. The number of morpholine rings is 1. The molecular weight excluding hydrogens is 422 g/mol. The van der Waals surface area contributed by atoms with Crippen molar-refractivity contribution in [1.82, 2.24) is 14.8 Å². The monoisotopic (exact) mass is 449 g/mol. The van der Waals surface area contributed by atoms with Gasteiger partial charge in [-0.25, -0.2) is 0 Å². The van der Waals surface area contributed by atoms with Gasteiger partial charge in [0.15, 0.2) is 5.16 Å². The normalized spacial score (nSPS) is 18.1. The summed E-state index contributed by atoms with van der Waals surface area (Å²) in [5.41, 5.74) is 3.45. The summed E-state index contributed by atoms with van der Waals surface area (Å²) in [6.07, 6.45) is 0.901. The van der Waals surface area contributed by atoms with E-state index in [1.54, 1.807) is 0 Å². The fraction of sp³-hybridized carbons (Fsp3) is 0.375. The molecule has 166 valence electrons. The Labute approximate surface area is 192 Å². The van der Waals surface area contributed by atoms with Crippen molar-refractivity contribution < 1.29 is 9.53 Å². The van der Waals surface area contributed by atoms with Crippen molar-refractivity contribution in [3.05, 3.63) is 65.7 Å². The van der Waals surface area contributed by atoms with Gasteiger partial charge in [-0.05, 0) is 30.5 Å². The molecule has 0 saturated carbocycles. The van der Waals surface area contributed by atoms with Crippen molar-refractivity contribution in [2.45, 2.75) is 31.1 Å². The molecule has 1 saturated heterocycles. The predicted molar refractivity (Wildman–Crippen MR) is 126 cm³/mol. The van der Waals surface area contributed by atoms with Gasteiger partial charge >= 0.3 is 0 Å². The lowest BCUT2D eigenvalue weighted by molar-refractivity contribution is -0.116. The van der Waals surface area contributed by atoms with Crippen molar-refractivity contribution >= 4 is 29.3 Å². The van der Waals surface area contributed by atoms with Gasteiger partial charge in [-0.1, -0.05) is 60.3 Å². The van der Waals surface area contributed by atoms with Crippen molar-refractivity contribution in [3.8, 4) is 0 Å². The molecule has 1 fully saturated rings. The number of ether oxygens (including phenoxy) is 1. The van der Waals surface area contributed by atoms with Crippen molar-refractivity contribution in [1.29, 1.82) is 0 Å². The molecule has 8 heteroatoms. The molecule has 1 amide bonds. The third-order valence-electron chi connectivity index (χ3n) is 5.98. The van der Waals surface area contributed by atoms with E-state index in [2.05, 4.69) is 44.8 Å². The van der Waals surface area contributed by atoms with Crippen LogP contribution in [0.15, 0.2) is 59.8 Å². The maximum Gasteiger partial charge on any atom is 0.237 e. The Balaban J connectivity index is 1.36. The van der Waals surface area contributed by atoms with Gasteiger partial charge in [0.1, 0.15) is 0 Å². The summed E-state index contributed by atoms with van der Waals surface area (Å²) >= 11 is 1.46. The average Bonchev–Trinajstić information content (AvgIpc) is 3.38. The maximum atomic E-state index is 13.2. The molecule has 0 bridgehead atoms. The van der Waals surface area contributed by atoms with Gasteiger partial charge in [0.25, 0.3) is 0 Å². The molecule has 1 unspecified atom stereocenters. The lowest BCUT2D eigenvalue weighted by Crippen LogP contribution is -2.38. The Morgan fingerprint density at radius 3 is 2.62 bits per heavy atom. The number of carbonyl (C=O) groups is 1. The smallest absolute Gasteiger partial charge is 0.237 e. The number of thioether (sulfide) groups is 1. The average molecular weight is 450 g/mol. The van der Waals surface area contributed by atoms with E-state index >= 15 is 0 Å². The molecule has 2 aliphatic rings. The van der Waals surface area contributed by atoms with Gasteiger partial charge in [-0.2, -0.15) is 0 Å². The van der Waals surface area contributed by atoms with Crippen LogP contribution in [0.4, 0.5) is 11.6 Å². The van der Waals surface area contributed by atoms with Crippen LogP contribution in [0, 0.1) is 0 Å². The van der Waals surface area contributed by atoms with Gasteiger partial charge in [0.2, 0.25) is 11.9 Å². The Morgan fingerprint density at radius 1 is 1.06 bits per heavy atom. The zero-order valence-electron chi connectivity index (χ0n) is 18.2. The second kappa shape index (κ2) is 9.34. The highest BCUT2D eigenvalue weighted by Crippen LogP contribution is 2.33. The molecule has 0 radical (unpaired) electrons. The summed E-state index contributed by atoms with van der Waals surface area (Å²) in [5.74, 6) is 1.27. The number of amides is 1. The molecule has 3 heterocycles. The zero-order valence-corrected chi connectivity index (χ0v) is 19.0. The molecule has 0 spiro atoms. The number of hydrogen-bond donors (Lipinski definition) is 0. The standard InChI is InChI=1S/C24H27N5O2S/c1-18-15-20-9-5-6-10-21(20)29(18)22(30)17-32-24-26-25-23(27-11-13-31-14-12-27)28(24)16-19-7-3-2-4-8-19/h2-10,18H,11-17H2,1H3. The molecule has 5 rings (SSSR count). The second-order valence-corrected chi connectivity index (χ2v) is 9.13. The van der Waals surface area contributed by atoms with E-state index in [0.29, 0.717) is 25.5 Å². The molecule has 1 atom stereocenters. The summed E-state index contributed by atoms with van der Waals surface area (Å²) in [4.78, 5) is 17.3. The summed E-state index contributed by atoms with van der Waals surface area (Å²) in [6.45, 7) is 5.73. The summed E-state index contributed by atoms with van der Waals surface area (Å²) < 4.78 is 7.63. The summed E-state index contributed by atoms with van der Waals surface area (Å²) in [6, 6.07) is 18.6. The minimum Gasteiger partial charge on any atom is -0.378 e. The molecule has 7 nitrogen and oxygen atoms in total. The van der Waals surface area contributed by atoms with Crippen LogP contribution in [0.1, 0.15) is 18.1 Å². The van der Waals surface area contributed by atoms with E-state index in [1.165, 1.54) is 22.9 Å². The number of hydrogen-bond acceptors (Lipinski definition) is 6. The lowest BCUT2D eigenvalue weighted by atomic mass is 10.1. The quantitative estimate of drug-likeness (QED) is 0.539. The van der Waals surface area contributed by atoms with Gasteiger partial charge in [-0.15, -0.1) is 10.2 Å². The fourth-order valence-corrected chi connectivity index (χ4v) is 5.22. The Kier molecular flexibility index (Phi) is 6.14. The topological polar surface area (TPSA) is 63.5 Å². The fourth-order valence-electron chi connectivity index (χ4n) is 4.43. The number of anilines is 2. The Morgan fingerprint density at radius 2 is 1.81 bits per heavy atom. The van der Waals surface area contributed by atoms with E-state index in [1.807, 2.05) is 41.3 Å². The van der Waals surface area contributed by atoms with Crippen LogP contribution in [0.5, 0.6) is 0 Å². The molecule has 0 aliphatic carbocycles. The highest BCUT2D eigenvalue weighted by Gasteiger charge is 2.31. The minimum absolute atomic E-state index is 0.106. The predicted octanol–water partition coefficient (Wildman–Crippen LogP) is 3.23. The number of benzene rings is 2. The number of aromatic nitrogens is 3. The van der Waals surface area contributed by atoms with Crippen LogP contribution in [-0.4, -0.2) is 58.8 Å². The highest BCUT2D eigenvalue weighted by molar-refractivity contribution is 7.99. The Hall–Kier alpha value is -2.84. The molecule has 2 aliphatic heterocycles. The van der Waals surface area contributed by atoms with Crippen LogP contribution in [-0.2, 0) is 22.5 Å². The largest absolute Gasteiger partial charge is 0.378 e. The van der Waals surface area contributed by atoms with Gasteiger partial charge in [0.05, 0.1) is 25.5 Å². The maximum absolute atomic E-state index is 13.2. The van der Waals surface area contributed by atoms with Gasteiger partial charge in [-0.3, -0.25) is 9.36 Å². The van der Waals surface area contributed by atoms with E-state index in [9.17, 15) is 4.79 Å². The number of nitrogens with zero attached hydrogens (tertiary/aromatic N) is 5. The second-order valence-electron chi connectivity index (χ2n) is 8.19. The molecule has 32 heavy (non-hydrogen) atoms. The van der Waals surface area contributed by atoms with Crippen LogP contribution in [0.25, 0.3) is 0 Å². The van der Waals surface area contributed by atoms with Crippen molar-refractivity contribution in [3.63, 3.8) is 0 Å². The first-order valence-corrected chi connectivity index (χ1v) is 12.0. The zero-order chi connectivity index (χ0) is 21.9. The van der Waals surface area contributed by atoms with Crippen LogP contribution < -0.4 is 9.80 Å². The van der Waals surface area contributed by atoms with E-state index < -0.39 is 0 Å².